The monoisotopic (exact) mass is 324 g/mol. The zero-order valence-corrected chi connectivity index (χ0v) is 14.4. The van der Waals surface area contributed by atoms with Crippen LogP contribution in [0.15, 0.2) is 22.1 Å². The third kappa shape index (κ3) is 3.08. The van der Waals surface area contributed by atoms with Gasteiger partial charge in [0.15, 0.2) is 0 Å². The Morgan fingerprint density at radius 2 is 1.25 bits per heavy atom. The smallest absolute Gasteiger partial charge is 0.0557 e. The highest BCUT2D eigenvalue weighted by Gasteiger charge is 2.29. The minimum atomic E-state index is 0.493. The van der Waals surface area contributed by atoms with Crippen LogP contribution < -0.4 is 5.32 Å². The molecule has 1 saturated heterocycles. The van der Waals surface area contributed by atoms with Crippen molar-refractivity contribution in [3.05, 3.63) is 23.5 Å². The topological polar surface area (TPSA) is 52.5 Å². The highest BCUT2D eigenvalue weighted by molar-refractivity contribution is 5.87. The van der Waals surface area contributed by atoms with Gasteiger partial charge in [0.2, 0.25) is 0 Å². The summed E-state index contributed by atoms with van der Waals surface area (Å²) in [4.78, 5) is 13.7. The molecule has 0 aliphatic carbocycles. The lowest BCUT2D eigenvalue weighted by atomic mass is 10.0. The molecule has 5 heterocycles. The normalized spacial score (nSPS) is 35.8. The van der Waals surface area contributed by atoms with Crippen molar-refractivity contribution < 1.29 is 0 Å². The number of fused-ring (bicyclic) bond motifs is 6. The van der Waals surface area contributed by atoms with Gasteiger partial charge in [0.25, 0.3) is 0 Å². The Labute approximate surface area is 144 Å². The summed E-state index contributed by atoms with van der Waals surface area (Å²) in [5.74, 6) is 0. The van der Waals surface area contributed by atoms with Gasteiger partial charge in [-0.2, -0.15) is 0 Å². The van der Waals surface area contributed by atoms with Gasteiger partial charge in [0.1, 0.15) is 0 Å². The lowest BCUT2D eigenvalue weighted by Gasteiger charge is -2.14. The molecule has 1 fully saturated rings. The Morgan fingerprint density at radius 3 is 1.79 bits per heavy atom. The average Bonchev–Trinajstić information content (AvgIpc) is 3.32. The van der Waals surface area contributed by atoms with Gasteiger partial charge in [-0.15, -0.1) is 0 Å². The maximum atomic E-state index is 5.04. The molecule has 4 nitrogen and oxygen atoms in total. The maximum absolute atomic E-state index is 5.04. The fourth-order valence-electron chi connectivity index (χ4n) is 5.08. The van der Waals surface area contributed by atoms with Crippen molar-refractivity contribution in [1.82, 2.24) is 10.3 Å². The Morgan fingerprint density at radius 1 is 0.708 bits per heavy atom. The first kappa shape index (κ1) is 14.9. The molecule has 0 radical (unpaired) electrons. The van der Waals surface area contributed by atoms with Crippen LogP contribution >= 0.6 is 0 Å². The average molecular weight is 324 g/mol. The Hall–Kier alpha value is -1.42. The number of hydrogen-bond donors (Lipinski definition) is 2. The molecule has 5 rings (SSSR count). The van der Waals surface area contributed by atoms with Crippen LogP contribution in [0.4, 0.5) is 0 Å². The molecule has 0 amide bonds. The van der Waals surface area contributed by atoms with Gasteiger partial charge in [-0.3, -0.25) is 9.98 Å². The second-order valence-corrected chi connectivity index (χ2v) is 8.24. The number of nitrogens with one attached hydrogen (secondary N) is 2. The first-order chi connectivity index (χ1) is 11.8. The van der Waals surface area contributed by atoms with E-state index >= 15 is 0 Å². The standard InChI is InChI=1S/C20H28N4/c1-2-14-10-16-5-6-18(23-16)12-20-8-7-19(24-20)11-17-4-3-15(22-17)9-13(1)21-14/h1-2,15-16,19-21,24H,3-12H2. The van der Waals surface area contributed by atoms with Crippen molar-refractivity contribution in [2.75, 3.05) is 0 Å². The van der Waals surface area contributed by atoms with E-state index in [1.54, 1.807) is 0 Å². The minimum absolute atomic E-state index is 0.493. The Balaban J connectivity index is 1.39. The molecule has 4 aliphatic rings. The van der Waals surface area contributed by atoms with Crippen LogP contribution in [0.2, 0.25) is 0 Å². The van der Waals surface area contributed by atoms with Crippen LogP contribution in [0, 0.1) is 0 Å². The van der Waals surface area contributed by atoms with Gasteiger partial charge < -0.3 is 10.3 Å². The molecule has 2 N–H and O–H groups in total. The molecular weight excluding hydrogens is 296 g/mol. The summed E-state index contributed by atoms with van der Waals surface area (Å²) in [6.07, 6.45) is 12.0. The third-order valence-corrected chi connectivity index (χ3v) is 6.28. The Bertz CT molecular complexity index is 616. The van der Waals surface area contributed by atoms with E-state index in [-0.39, 0.29) is 0 Å². The summed E-state index contributed by atoms with van der Waals surface area (Å²) in [7, 11) is 0. The fraction of sp³-hybridized carbons (Fsp3) is 0.700. The number of rotatable bonds is 0. The predicted octanol–water partition coefficient (Wildman–Crippen LogP) is 3.22. The molecule has 4 atom stereocenters. The maximum Gasteiger partial charge on any atom is 0.0557 e. The number of hydrogen-bond acceptors (Lipinski definition) is 3. The van der Waals surface area contributed by atoms with Gasteiger partial charge in [-0.1, -0.05) is 0 Å². The molecule has 1 aromatic rings. The quantitative estimate of drug-likeness (QED) is 0.756. The lowest BCUT2D eigenvalue weighted by molar-refractivity contribution is 0.556. The van der Waals surface area contributed by atoms with Crippen LogP contribution in [0.3, 0.4) is 0 Å². The van der Waals surface area contributed by atoms with Crippen LogP contribution in [0.5, 0.6) is 0 Å². The van der Waals surface area contributed by atoms with Crippen LogP contribution in [0.1, 0.15) is 62.8 Å². The predicted molar refractivity (Wildman–Crippen MR) is 98.3 cm³/mol. The highest BCUT2D eigenvalue weighted by atomic mass is 15.0. The molecule has 4 heteroatoms. The summed E-state index contributed by atoms with van der Waals surface area (Å²) in [5, 5.41) is 3.87. The van der Waals surface area contributed by atoms with E-state index in [0.717, 1.165) is 25.7 Å². The summed E-state index contributed by atoms with van der Waals surface area (Å²) in [5.41, 5.74) is 5.62. The van der Waals surface area contributed by atoms with Crippen molar-refractivity contribution in [3.63, 3.8) is 0 Å². The van der Waals surface area contributed by atoms with Crippen molar-refractivity contribution in [3.8, 4) is 0 Å². The van der Waals surface area contributed by atoms with E-state index in [1.165, 1.54) is 61.3 Å². The van der Waals surface area contributed by atoms with Crippen molar-refractivity contribution in [1.29, 1.82) is 0 Å². The van der Waals surface area contributed by atoms with Gasteiger partial charge in [-0.25, -0.2) is 0 Å². The van der Waals surface area contributed by atoms with Crippen molar-refractivity contribution in [2.45, 2.75) is 88.4 Å². The number of aromatic nitrogens is 1. The largest absolute Gasteiger partial charge is 0.362 e. The Kier molecular flexibility index (Phi) is 3.81. The molecule has 128 valence electrons. The van der Waals surface area contributed by atoms with Gasteiger partial charge in [0, 0.05) is 60.6 Å². The molecule has 1 aromatic heterocycles. The van der Waals surface area contributed by atoms with Gasteiger partial charge in [0.05, 0.1) is 12.1 Å². The van der Waals surface area contributed by atoms with E-state index in [4.69, 9.17) is 9.98 Å². The SMILES string of the molecule is c1cc2[nH]c1CC1CCC(=N1)CC1CCC(CC3=NC(CC3)C2)N1. The van der Waals surface area contributed by atoms with Crippen LogP contribution in [-0.2, 0) is 12.8 Å². The first-order valence-corrected chi connectivity index (χ1v) is 9.84. The molecule has 4 aliphatic heterocycles. The zero-order valence-electron chi connectivity index (χ0n) is 14.4. The van der Waals surface area contributed by atoms with Crippen molar-refractivity contribution in [2.24, 2.45) is 9.98 Å². The highest BCUT2D eigenvalue weighted by Crippen LogP contribution is 2.27. The van der Waals surface area contributed by atoms with Crippen LogP contribution in [-0.4, -0.2) is 40.6 Å². The van der Waals surface area contributed by atoms with Gasteiger partial charge in [-0.05, 0) is 50.7 Å². The van der Waals surface area contributed by atoms with E-state index in [9.17, 15) is 0 Å². The van der Waals surface area contributed by atoms with E-state index in [1.807, 2.05) is 0 Å². The van der Waals surface area contributed by atoms with Crippen LogP contribution in [0.25, 0.3) is 0 Å². The molecule has 0 aromatic carbocycles. The molecular formula is C20H28N4. The summed E-state index contributed by atoms with van der Waals surface area (Å²) in [6, 6.07) is 6.82. The first-order valence-electron chi connectivity index (χ1n) is 9.84. The summed E-state index contributed by atoms with van der Waals surface area (Å²) < 4.78 is 0. The molecule has 0 spiro atoms. The number of H-pyrrole nitrogens is 1. The number of aromatic amines is 1. The molecule has 8 bridgehead atoms. The number of nitrogens with zero attached hydrogens (tertiary/aromatic N) is 2. The van der Waals surface area contributed by atoms with Crippen molar-refractivity contribution >= 4 is 11.4 Å². The summed E-state index contributed by atoms with van der Waals surface area (Å²) >= 11 is 0. The van der Waals surface area contributed by atoms with E-state index < -0.39 is 0 Å². The van der Waals surface area contributed by atoms with E-state index in [0.29, 0.717) is 24.2 Å². The molecule has 4 unspecified atom stereocenters. The fourth-order valence-corrected chi connectivity index (χ4v) is 5.08. The molecule has 0 saturated carbocycles. The van der Waals surface area contributed by atoms with E-state index in [2.05, 4.69) is 22.4 Å². The van der Waals surface area contributed by atoms with Gasteiger partial charge >= 0.3 is 0 Å². The minimum Gasteiger partial charge on any atom is -0.362 e. The second-order valence-electron chi connectivity index (χ2n) is 8.24. The lowest BCUT2D eigenvalue weighted by Crippen LogP contribution is -2.32. The molecule has 24 heavy (non-hydrogen) atoms. The zero-order chi connectivity index (χ0) is 15.9. The second kappa shape index (κ2) is 6.14. The summed E-state index contributed by atoms with van der Waals surface area (Å²) in [6.45, 7) is 0. The number of aliphatic imine (C=N–C) groups is 2. The third-order valence-electron chi connectivity index (χ3n) is 6.28.